The summed E-state index contributed by atoms with van der Waals surface area (Å²) in [5, 5.41) is 12.1. The van der Waals surface area contributed by atoms with Crippen molar-refractivity contribution in [3.8, 4) is 0 Å². The highest BCUT2D eigenvalue weighted by Crippen LogP contribution is 2.24. The smallest absolute Gasteiger partial charge is 0.246 e. The average molecular weight is 232 g/mol. The monoisotopic (exact) mass is 232 g/mol. The van der Waals surface area contributed by atoms with Crippen LogP contribution >= 0.6 is 0 Å². The van der Waals surface area contributed by atoms with Gasteiger partial charge in [0.25, 0.3) is 0 Å². The van der Waals surface area contributed by atoms with E-state index < -0.39 is 0 Å². The van der Waals surface area contributed by atoms with E-state index in [1.54, 1.807) is 0 Å². The van der Waals surface area contributed by atoms with Gasteiger partial charge in [0.05, 0.1) is 13.2 Å². The Morgan fingerprint density at radius 3 is 2.50 bits per heavy atom. The molecule has 0 atom stereocenters. The zero-order valence-electron chi connectivity index (χ0n) is 10.3. The lowest BCUT2D eigenvalue weighted by Gasteiger charge is -2.29. The summed E-state index contributed by atoms with van der Waals surface area (Å²) >= 11 is 0. The van der Waals surface area contributed by atoms with E-state index in [0.29, 0.717) is 19.7 Å². The minimum Gasteiger partial charge on any atom is -0.396 e. The number of nitrogens with two attached hydrogens (primary N) is 1. The average Bonchev–Trinajstić information content (AvgIpc) is 2.32. The molecule has 1 amide bonds. The second-order valence-electron chi connectivity index (χ2n) is 3.98. The van der Waals surface area contributed by atoms with Crippen molar-refractivity contribution in [1.82, 2.24) is 5.32 Å². The third-order valence-corrected chi connectivity index (χ3v) is 2.99. The predicted molar refractivity (Wildman–Crippen MR) is 63.0 cm³/mol. The van der Waals surface area contributed by atoms with Crippen LogP contribution in [0.25, 0.3) is 0 Å². The summed E-state index contributed by atoms with van der Waals surface area (Å²) < 4.78 is 5.01. The van der Waals surface area contributed by atoms with Crippen LogP contribution in [0.2, 0.25) is 0 Å². The Hall–Kier alpha value is -0.650. The fourth-order valence-electron chi connectivity index (χ4n) is 1.36. The SMILES string of the molecule is CCC(CC)(CO)CNC(=O)COCCN. The highest BCUT2D eigenvalue weighted by molar-refractivity contribution is 5.77. The van der Waals surface area contributed by atoms with Crippen LogP contribution in [0.3, 0.4) is 0 Å². The van der Waals surface area contributed by atoms with Gasteiger partial charge in [-0.05, 0) is 12.8 Å². The maximum atomic E-state index is 11.4. The van der Waals surface area contributed by atoms with Gasteiger partial charge in [-0.1, -0.05) is 13.8 Å². The lowest BCUT2D eigenvalue weighted by atomic mass is 9.83. The summed E-state index contributed by atoms with van der Waals surface area (Å²) in [6.45, 7) is 5.43. The van der Waals surface area contributed by atoms with E-state index in [2.05, 4.69) is 5.32 Å². The number of carbonyl (C=O) groups excluding carboxylic acids is 1. The van der Waals surface area contributed by atoms with Crippen molar-refractivity contribution in [3.05, 3.63) is 0 Å². The van der Waals surface area contributed by atoms with Crippen molar-refractivity contribution < 1.29 is 14.6 Å². The molecule has 0 aliphatic rings. The molecule has 0 spiro atoms. The first-order chi connectivity index (χ1) is 7.64. The number of nitrogens with one attached hydrogen (secondary N) is 1. The molecule has 0 unspecified atom stereocenters. The van der Waals surface area contributed by atoms with E-state index in [0.717, 1.165) is 12.8 Å². The van der Waals surface area contributed by atoms with E-state index >= 15 is 0 Å². The van der Waals surface area contributed by atoms with Crippen molar-refractivity contribution in [2.75, 3.05) is 32.9 Å². The largest absolute Gasteiger partial charge is 0.396 e. The lowest BCUT2D eigenvalue weighted by Crippen LogP contribution is -2.40. The maximum Gasteiger partial charge on any atom is 0.246 e. The summed E-state index contributed by atoms with van der Waals surface area (Å²) in [5.74, 6) is -0.159. The molecule has 5 heteroatoms. The van der Waals surface area contributed by atoms with Gasteiger partial charge in [0, 0.05) is 18.5 Å². The van der Waals surface area contributed by atoms with Gasteiger partial charge in [-0.2, -0.15) is 0 Å². The Morgan fingerprint density at radius 2 is 2.06 bits per heavy atom. The molecule has 16 heavy (non-hydrogen) atoms. The minimum absolute atomic E-state index is 0.0339. The van der Waals surface area contributed by atoms with Crippen LogP contribution in [-0.2, 0) is 9.53 Å². The van der Waals surface area contributed by atoms with Gasteiger partial charge < -0.3 is 20.9 Å². The molecule has 0 radical (unpaired) electrons. The van der Waals surface area contributed by atoms with Crippen molar-refractivity contribution in [2.24, 2.45) is 11.1 Å². The zero-order chi connectivity index (χ0) is 12.4. The molecule has 5 nitrogen and oxygen atoms in total. The summed E-state index contributed by atoms with van der Waals surface area (Å²) in [6.07, 6.45) is 1.67. The molecule has 0 fully saturated rings. The molecule has 0 aromatic rings. The molecule has 0 saturated carbocycles. The van der Waals surface area contributed by atoms with E-state index in [1.165, 1.54) is 0 Å². The first-order valence-electron chi connectivity index (χ1n) is 5.79. The number of hydrogen-bond acceptors (Lipinski definition) is 4. The standard InChI is InChI=1S/C11H24N2O3/c1-3-11(4-2,9-14)8-13-10(15)7-16-6-5-12/h14H,3-9,12H2,1-2H3,(H,13,15). The van der Waals surface area contributed by atoms with Crippen molar-refractivity contribution >= 4 is 5.91 Å². The van der Waals surface area contributed by atoms with Crippen LogP contribution in [0.5, 0.6) is 0 Å². The molecule has 0 heterocycles. The van der Waals surface area contributed by atoms with E-state index in [4.69, 9.17) is 10.5 Å². The third-order valence-electron chi connectivity index (χ3n) is 2.99. The van der Waals surface area contributed by atoms with Crippen LogP contribution in [-0.4, -0.2) is 43.9 Å². The molecule has 96 valence electrons. The molecule has 0 aromatic carbocycles. The fraction of sp³-hybridized carbons (Fsp3) is 0.909. The Balaban J connectivity index is 3.87. The topological polar surface area (TPSA) is 84.6 Å². The Bertz CT molecular complexity index is 185. The van der Waals surface area contributed by atoms with Crippen LogP contribution in [0.4, 0.5) is 0 Å². The number of carbonyl (C=O) groups is 1. The Morgan fingerprint density at radius 1 is 1.44 bits per heavy atom. The van der Waals surface area contributed by atoms with Crippen LogP contribution in [0.15, 0.2) is 0 Å². The van der Waals surface area contributed by atoms with Gasteiger partial charge in [0.2, 0.25) is 5.91 Å². The summed E-state index contributed by atoms with van der Waals surface area (Å²) in [5.41, 5.74) is 5.03. The van der Waals surface area contributed by atoms with Crippen LogP contribution in [0, 0.1) is 5.41 Å². The first-order valence-corrected chi connectivity index (χ1v) is 5.79. The van der Waals surface area contributed by atoms with Gasteiger partial charge >= 0.3 is 0 Å². The van der Waals surface area contributed by atoms with Crippen LogP contribution < -0.4 is 11.1 Å². The lowest BCUT2D eigenvalue weighted by molar-refractivity contribution is -0.126. The van der Waals surface area contributed by atoms with Crippen LogP contribution in [0.1, 0.15) is 26.7 Å². The summed E-state index contributed by atoms with van der Waals surface area (Å²) in [6, 6.07) is 0. The maximum absolute atomic E-state index is 11.4. The molecular weight excluding hydrogens is 208 g/mol. The normalized spacial score (nSPS) is 11.5. The van der Waals surface area contributed by atoms with E-state index in [9.17, 15) is 9.90 Å². The number of aliphatic hydroxyl groups is 1. The molecule has 0 rings (SSSR count). The molecule has 0 saturated heterocycles. The van der Waals surface area contributed by atoms with Gasteiger partial charge in [-0.25, -0.2) is 0 Å². The number of ether oxygens (including phenoxy) is 1. The zero-order valence-corrected chi connectivity index (χ0v) is 10.3. The Labute approximate surface area is 97.3 Å². The van der Waals surface area contributed by atoms with Gasteiger partial charge in [0.1, 0.15) is 6.61 Å². The summed E-state index contributed by atoms with van der Waals surface area (Å²) in [4.78, 5) is 11.4. The second kappa shape index (κ2) is 8.50. The predicted octanol–water partition coefficient (Wildman–Crippen LogP) is -0.123. The molecular formula is C11H24N2O3. The van der Waals surface area contributed by atoms with Crippen molar-refractivity contribution in [1.29, 1.82) is 0 Å². The summed E-state index contributed by atoms with van der Waals surface area (Å²) in [7, 11) is 0. The van der Waals surface area contributed by atoms with Crippen molar-refractivity contribution in [2.45, 2.75) is 26.7 Å². The molecule has 0 aliphatic heterocycles. The number of amides is 1. The molecule has 0 aliphatic carbocycles. The second-order valence-corrected chi connectivity index (χ2v) is 3.98. The minimum atomic E-state index is -0.205. The molecule has 0 bridgehead atoms. The number of hydrogen-bond donors (Lipinski definition) is 3. The van der Waals surface area contributed by atoms with Gasteiger partial charge in [-0.15, -0.1) is 0 Å². The van der Waals surface area contributed by atoms with E-state index in [-0.39, 0.29) is 24.5 Å². The highest BCUT2D eigenvalue weighted by Gasteiger charge is 2.25. The van der Waals surface area contributed by atoms with E-state index in [1.807, 2.05) is 13.8 Å². The number of aliphatic hydroxyl groups excluding tert-OH is 1. The molecule has 4 N–H and O–H groups in total. The highest BCUT2D eigenvalue weighted by atomic mass is 16.5. The number of rotatable bonds is 9. The Kier molecular flexibility index (Phi) is 8.15. The molecule has 0 aromatic heterocycles. The van der Waals surface area contributed by atoms with Gasteiger partial charge in [-0.3, -0.25) is 4.79 Å². The van der Waals surface area contributed by atoms with Gasteiger partial charge in [0.15, 0.2) is 0 Å². The quantitative estimate of drug-likeness (QED) is 0.484. The first kappa shape index (κ1) is 15.3. The van der Waals surface area contributed by atoms with Crippen molar-refractivity contribution in [3.63, 3.8) is 0 Å². The fourth-order valence-corrected chi connectivity index (χ4v) is 1.36. The third kappa shape index (κ3) is 5.44.